The predicted molar refractivity (Wildman–Crippen MR) is 144 cm³/mol. The Balaban J connectivity index is 1.15. The van der Waals surface area contributed by atoms with Crippen LogP contribution < -0.4 is 10.2 Å². The zero-order valence-corrected chi connectivity index (χ0v) is 21.5. The van der Waals surface area contributed by atoms with Crippen LogP contribution in [0.4, 0.5) is 0 Å². The highest BCUT2D eigenvalue weighted by Crippen LogP contribution is 2.30. The van der Waals surface area contributed by atoms with Gasteiger partial charge in [-0.1, -0.05) is 95.0 Å². The van der Waals surface area contributed by atoms with Gasteiger partial charge in [0.2, 0.25) is 0 Å². The van der Waals surface area contributed by atoms with Gasteiger partial charge in [0, 0.05) is 5.75 Å². The van der Waals surface area contributed by atoms with Crippen LogP contribution in [0.15, 0.2) is 92.6 Å². The minimum atomic E-state index is -0.196. The number of hydrogen-bond acceptors (Lipinski definition) is 8. The molecule has 0 aliphatic carbocycles. The minimum Gasteiger partial charge on any atom is -0.489 e. The molecule has 1 amide bonds. The number of nitrogens with one attached hydrogen (secondary N) is 1. The van der Waals surface area contributed by atoms with Crippen molar-refractivity contribution >= 4 is 47.0 Å². The van der Waals surface area contributed by atoms with Crippen molar-refractivity contribution in [1.29, 1.82) is 0 Å². The summed E-state index contributed by atoms with van der Waals surface area (Å²) in [6.45, 7) is 2.59. The normalized spacial score (nSPS) is 11.0. The van der Waals surface area contributed by atoms with E-state index < -0.39 is 0 Å². The van der Waals surface area contributed by atoms with Crippen LogP contribution in [0.25, 0.3) is 0 Å². The van der Waals surface area contributed by atoms with Crippen LogP contribution >= 0.6 is 34.9 Å². The number of ether oxygens (including phenoxy) is 1. The molecular formula is C26H24N4O2S3. The van der Waals surface area contributed by atoms with Crippen molar-refractivity contribution in [3.05, 3.63) is 101 Å². The molecule has 0 atom stereocenters. The largest absolute Gasteiger partial charge is 0.489 e. The topological polar surface area (TPSA) is 76.5 Å². The molecule has 1 heterocycles. The van der Waals surface area contributed by atoms with E-state index in [4.69, 9.17) is 4.74 Å². The van der Waals surface area contributed by atoms with E-state index in [1.54, 1.807) is 18.0 Å². The Labute approximate surface area is 217 Å². The summed E-state index contributed by atoms with van der Waals surface area (Å²) in [6, 6.07) is 26.0. The molecule has 0 unspecified atom stereocenters. The van der Waals surface area contributed by atoms with Crippen LogP contribution in [0, 0.1) is 6.92 Å². The molecular weight excluding hydrogens is 497 g/mol. The lowest BCUT2D eigenvalue weighted by molar-refractivity contribution is -0.118. The lowest BCUT2D eigenvalue weighted by atomic mass is 10.2. The monoisotopic (exact) mass is 520 g/mol. The Morgan fingerprint density at radius 3 is 2.40 bits per heavy atom. The van der Waals surface area contributed by atoms with E-state index in [0.29, 0.717) is 6.61 Å². The van der Waals surface area contributed by atoms with Gasteiger partial charge in [-0.25, -0.2) is 5.43 Å². The fraction of sp³-hybridized carbons (Fsp3) is 0.154. The third-order valence-electron chi connectivity index (χ3n) is 4.73. The first-order valence-corrected chi connectivity index (χ1v) is 13.7. The Hall–Kier alpha value is -3.14. The van der Waals surface area contributed by atoms with Crippen LogP contribution in [-0.2, 0) is 17.2 Å². The summed E-state index contributed by atoms with van der Waals surface area (Å²) in [4.78, 5) is 12.1. The van der Waals surface area contributed by atoms with Crippen molar-refractivity contribution in [2.75, 3.05) is 5.75 Å². The molecule has 4 rings (SSSR count). The number of hydrazone groups is 1. The van der Waals surface area contributed by atoms with E-state index in [1.807, 2.05) is 54.6 Å². The fourth-order valence-corrected chi connectivity index (χ4v) is 5.64. The Bertz CT molecular complexity index is 1240. The highest BCUT2D eigenvalue weighted by molar-refractivity contribution is 8.03. The van der Waals surface area contributed by atoms with E-state index in [1.165, 1.54) is 34.2 Å². The van der Waals surface area contributed by atoms with Gasteiger partial charge in [-0.3, -0.25) is 4.79 Å². The second-order valence-corrected chi connectivity index (χ2v) is 11.0. The minimum absolute atomic E-state index is 0.196. The van der Waals surface area contributed by atoms with Crippen LogP contribution in [-0.4, -0.2) is 28.1 Å². The summed E-state index contributed by atoms with van der Waals surface area (Å²) in [5.74, 6) is 1.65. The maximum absolute atomic E-state index is 12.1. The number of amides is 1. The van der Waals surface area contributed by atoms with Crippen molar-refractivity contribution in [2.45, 2.75) is 28.0 Å². The van der Waals surface area contributed by atoms with E-state index in [9.17, 15) is 4.79 Å². The lowest BCUT2D eigenvalue weighted by Gasteiger charge is -2.06. The van der Waals surface area contributed by atoms with Crippen LogP contribution in [0.2, 0.25) is 0 Å². The molecule has 0 radical (unpaired) electrons. The summed E-state index contributed by atoms with van der Waals surface area (Å²) >= 11 is 4.50. The lowest BCUT2D eigenvalue weighted by Crippen LogP contribution is -2.19. The summed E-state index contributed by atoms with van der Waals surface area (Å²) in [5.41, 5.74) is 7.03. The molecule has 6 nitrogen and oxygen atoms in total. The molecule has 0 spiro atoms. The summed E-state index contributed by atoms with van der Waals surface area (Å²) in [6.07, 6.45) is 1.61. The number of thioether (sulfide) groups is 2. The molecule has 0 saturated carbocycles. The zero-order chi connectivity index (χ0) is 24.3. The van der Waals surface area contributed by atoms with Gasteiger partial charge in [0.15, 0.2) is 8.68 Å². The van der Waals surface area contributed by atoms with Crippen LogP contribution in [0.5, 0.6) is 5.75 Å². The number of hydrogen-bond donors (Lipinski definition) is 1. The van der Waals surface area contributed by atoms with Crippen molar-refractivity contribution < 1.29 is 9.53 Å². The Morgan fingerprint density at radius 2 is 1.66 bits per heavy atom. The van der Waals surface area contributed by atoms with E-state index in [2.05, 4.69) is 51.9 Å². The molecule has 0 bridgehead atoms. The average Bonchev–Trinajstić information content (AvgIpc) is 3.35. The number of aryl methyl sites for hydroxylation is 1. The Kier molecular flexibility index (Phi) is 9.33. The maximum Gasteiger partial charge on any atom is 0.250 e. The summed E-state index contributed by atoms with van der Waals surface area (Å²) in [5, 5.41) is 12.4. The first kappa shape index (κ1) is 25.0. The SMILES string of the molecule is Cc1ccc(CSc2nnc(SCC(=O)N/N=C\c3ccc(OCc4ccccc4)cc3)s2)cc1. The maximum atomic E-state index is 12.1. The molecule has 4 aromatic rings. The van der Waals surface area contributed by atoms with Gasteiger partial charge < -0.3 is 4.74 Å². The molecule has 3 aromatic carbocycles. The number of benzene rings is 3. The second-order valence-electron chi connectivity index (χ2n) is 7.53. The number of carbonyl (C=O) groups excluding carboxylic acids is 1. The Morgan fingerprint density at radius 1 is 0.943 bits per heavy atom. The molecule has 9 heteroatoms. The van der Waals surface area contributed by atoms with Crippen molar-refractivity contribution in [3.63, 3.8) is 0 Å². The van der Waals surface area contributed by atoms with Gasteiger partial charge in [-0.15, -0.1) is 10.2 Å². The highest BCUT2D eigenvalue weighted by atomic mass is 32.2. The third-order valence-corrected chi connectivity index (χ3v) is 7.99. The van der Waals surface area contributed by atoms with E-state index >= 15 is 0 Å². The summed E-state index contributed by atoms with van der Waals surface area (Å²) < 4.78 is 7.44. The van der Waals surface area contributed by atoms with Crippen molar-refractivity contribution in [2.24, 2.45) is 5.10 Å². The van der Waals surface area contributed by atoms with Crippen LogP contribution in [0.3, 0.4) is 0 Å². The highest BCUT2D eigenvalue weighted by Gasteiger charge is 2.08. The molecule has 1 N–H and O–H groups in total. The molecule has 1 aromatic heterocycles. The van der Waals surface area contributed by atoms with Gasteiger partial charge in [-0.05, 0) is 47.9 Å². The fourth-order valence-electron chi connectivity index (χ4n) is 2.87. The molecule has 35 heavy (non-hydrogen) atoms. The first-order valence-electron chi connectivity index (χ1n) is 10.9. The van der Waals surface area contributed by atoms with Gasteiger partial charge in [0.25, 0.3) is 5.91 Å². The predicted octanol–water partition coefficient (Wildman–Crippen LogP) is 5.96. The van der Waals surface area contributed by atoms with Crippen LogP contribution in [0.1, 0.15) is 22.3 Å². The van der Waals surface area contributed by atoms with Gasteiger partial charge in [0.05, 0.1) is 12.0 Å². The van der Waals surface area contributed by atoms with Gasteiger partial charge >= 0.3 is 0 Å². The number of aromatic nitrogens is 2. The number of carbonyl (C=O) groups is 1. The zero-order valence-electron chi connectivity index (χ0n) is 19.1. The molecule has 0 fully saturated rings. The quantitative estimate of drug-likeness (QED) is 0.149. The van der Waals surface area contributed by atoms with Gasteiger partial charge in [-0.2, -0.15) is 5.10 Å². The van der Waals surface area contributed by atoms with E-state index in [0.717, 1.165) is 31.3 Å². The third kappa shape index (κ3) is 8.54. The molecule has 0 saturated heterocycles. The first-order chi connectivity index (χ1) is 17.1. The molecule has 0 aliphatic heterocycles. The molecule has 178 valence electrons. The van der Waals surface area contributed by atoms with Crippen molar-refractivity contribution in [3.8, 4) is 5.75 Å². The average molecular weight is 521 g/mol. The molecule has 0 aliphatic rings. The number of rotatable bonds is 11. The smallest absolute Gasteiger partial charge is 0.250 e. The van der Waals surface area contributed by atoms with E-state index in [-0.39, 0.29) is 11.7 Å². The summed E-state index contributed by atoms with van der Waals surface area (Å²) in [7, 11) is 0. The van der Waals surface area contributed by atoms with Crippen molar-refractivity contribution in [1.82, 2.24) is 15.6 Å². The van der Waals surface area contributed by atoms with Gasteiger partial charge in [0.1, 0.15) is 12.4 Å². The standard InChI is InChI=1S/C26H24N4O2S3/c1-19-7-9-22(10-8-19)17-33-25-29-30-26(35-25)34-18-24(31)28-27-15-20-11-13-23(14-12-20)32-16-21-5-3-2-4-6-21/h2-15H,16-18H2,1H3,(H,28,31)/b27-15-. The second kappa shape index (κ2) is 13.1. The number of nitrogens with zero attached hydrogens (tertiary/aromatic N) is 3.